The quantitative estimate of drug-likeness (QED) is 0.400. The number of nitriles is 1. The number of carbonyl (C=O) groups is 1. The van der Waals surface area contributed by atoms with Crippen LogP contribution in [0.1, 0.15) is 29.2 Å². The lowest BCUT2D eigenvalue weighted by atomic mass is 9.96. The van der Waals surface area contributed by atoms with Gasteiger partial charge in [0.1, 0.15) is 17.9 Å². The fraction of sp³-hybridized carbons (Fsp3) is 0.154. The maximum Gasteiger partial charge on any atom is 0.307 e. The second kappa shape index (κ2) is 9.38. The van der Waals surface area contributed by atoms with E-state index in [1.807, 2.05) is 48.5 Å². The summed E-state index contributed by atoms with van der Waals surface area (Å²) in [5, 5.41) is 19.0. The Morgan fingerprint density at radius 1 is 1.12 bits per heavy atom. The number of nitrogens with two attached hydrogens (primary N) is 1. The summed E-state index contributed by atoms with van der Waals surface area (Å²) in [6.45, 7) is 0.276. The number of carboxylic acids is 1. The van der Waals surface area contributed by atoms with Crippen LogP contribution in [0.4, 0.5) is 0 Å². The summed E-state index contributed by atoms with van der Waals surface area (Å²) in [7, 11) is 0. The first kappa shape index (κ1) is 21.2. The van der Waals surface area contributed by atoms with Gasteiger partial charge < -0.3 is 20.0 Å². The lowest BCUT2D eigenvalue weighted by molar-refractivity contribution is -0.136. The Kier molecular flexibility index (Phi) is 6.20. The molecule has 4 rings (SSSR count). The molecule has 32 heavy (non-hydrogen) atoms. The van der Waals surface area contributed by atoms with E-state index in [2.05, 4.69) is 6.07 Å². The number of fused-ring (bicyclic) bond motifs is 1. The van der Waals surface area contributed by atoms with Crippen LogP contribution in [0.5, 0.6) is 5.75 Å². The zero-order valence-corrected chi connectivity index (χ0v) is 17.3. The Hall–Kier alpha value is -4.08. The molecule has 0 aliphatic heterocycles. The predicted octanol–water partition coefficient (Wildman–Crippen LogP) is 5.22. The average Bonchev–Trinajstić information content (AvgIpc) is 3.26. The van der Waals surface area contributed by atoms with E-state index in [0.717, 1.165) is 33.2 Å². The average molecular weight is 426 g/mol. The van der Waals surface area contributed by atoms with Gasteiger partial charge in [-0.15, -0.1) is 0 Å². The molecular formula is C26H22N2O4. The molecule has 0 aliphatic carbocycles. The second-order valence-electron chi connectivity index (χ2n) is 7.54. The zero-order valence-electron chi connectivity index (χ0n) is 17.3. The van der Waals surface area contributed by atoms with Gasteiger partial charge in [-0.3, -0.25) is 4.79 Å². The van der Waals surface area contributed by atoms with Crippen molar-refractivity contribution in [2.24, 2.45) is 5.73 Å². The third kappa shape index (κ3) is 4.64. The first-order valence-electron chi connectivity index (χ1n) is 10.2. The number of para-hydroxylation sites is 1. The molecule has 0 bridgehead atoms. The van der Waals surface area contributed by atoms with Crippen LogP contribution in [-0.2, 0) is 17.8 Å². The largest absolute Gasteiger partial charge is 0.489 e. The molecule has 0 saturated heterocycles. The number of hydrogen-bond donors (Lipinski definition) is 2. The normalized spacial score (nSPS) is 11.8. The van der Waals surface area contributed by atoms with Crippen LogP contribution >= 0.6 is 0 Å². The molecule has 3 aromatic carbocycles. The highest BCUT2D eigenvalue weighted by molar-refractivity contribution is 5.93. The minimum absolute atomic E-state index is 0.0993. The lowest BCUT2D eigenvalue weighted by Gasteiger charge is -2.13. The minimum atomic E-state index is -0.905. The third-order valence-corrected chi connectivity index (χ3v) is 5.26. The van der Waals surface area contributed by atoms with Crippen LogP contribution in [0.15, 0.2) is 77.4 Å². The molecule has 0 fully saturated rings. The van der Waals surface area contributed by atoms with Crippen LogP contribution in [0.2, 0.25) is 0 Å². The Labute approximate surface area is 185 Å². The van der Waals surface area contributed by atoms with E-state index in [-0.39, 0.29) is 25.5 Å². The minimum Gasteiger partial charge on any atom is -0.489 e. The Morgan fingerprint density at radius 3 is 2.78 bits per heavy atom. The molecule has 0 radical (unpaired) electrons. The van der Waals surface area contributed by atoms with Gasteiger partial charge in [-0.2, -0.15) is 5.26 Å². The molecule has 4 aromatic rings. The van der Waals surface area contributed by atoms with Crippen molar-refractivity contribution in [3.05, 3.63) is 89.7 Å². The molecular weight excluding hydrogens is 404 g/mol. The number of ether oxygens (including phenoxy) is 1. The van der Waals surface area contributed by atoms with E-state index in [4.69, 9.17) is 25.3 Å². The van der Waals surface area contributed by atoms with E-state index < -0.39 is 5.97 Å². The first-order chi connectivity index (χ1) is 15.5. The molecule has 0 amide bonds. The van der Waals surface area contributed by atoms with Crippen molar-refractivity contribution in [3.63, 3.8) is 0 Å². The lowest BCUT2D eigenvalue weighted by Crippen LogP contribution is -2.09. The molecule has 6 heteroatoms. The van der Waals surface area contributed by atoms with E-state index >= 15 is 0 Å². The van der Waals surface area contributed by atoms with Gasteiger partial charge in [-0.1, -0.05) is 36.4 Å². The number of aliphatic carboxylic acids is 1. The topological polar surface area (TPSA) is 109 Å². The predicted molar refractivity (Wildman–Crippen MR) is 121 cm³/mol. The molecule has 6 nitrogen and oxygen atoms in total. The van der Waals surface area contributed by atoms with E-state index in [1.165, 1.54) is 0 Å². The SMILES string of the molecule is N#CCC(N)c1cccc(-c2cc(COc3ccccc3CC(=O)O)cc3ccoc23)c1. The fourth-order valence-electron chi connectivity index (χ4n) is 3.71. The zero-order chi connectivity index (χ0) is 22.5. The smallest absolute Gasteiger partial charge is 0.307 e. The van der Waals surface area contributed by atoms with Gasteiger partial charge in [-0.05, 0) is 47.0 Å². The van der Waals surface area contributed by atoms with Crippen molar-refractivity contribution in [2.45, 2.75) is 25.5 Å². The molecule has 0 saturated carbocycles. The summed E-state index contributed by atoms with van der Waals surface area (Å²) in [5.41, 5.74) is 11.1. The number of rotatable bonds is 8. The van der Waals surface area contributed by atoms with Crippen LogP contribution in [0.3, 0.4) is 0 Å². The molecule has 0 aliphatic rings. The summed E-state index contributed by atoms with van der Waals surface area (Å²) in [6, 6.07) is 22.6. The molecule has 160 valence electrons. The second-order valence-corrected chi connectivity index (χ2v) is 7.54. The monoisotopic (exact) mass is 426 g/mol. The molecule has 1 aromatic heterocycles. The van der Waals surface area contributed by atoms with Crippen LogP contribution in [0, 0.1) is 11.3 Å². The van der Waals surface area contributed by atoms with Crippen LogP contribution in [0.25, 0.3) is 22.1 Å². The van der Waals surface area contributed by atoms with Gasteiger partial charge in [-0.25, -0.2) is 0 Å². The van der Waals surface area contributed by atoms with Crippen molar-refractivity contribution < 1.29 is 19.1 Å². The van der Waals surface area contributed by atoms with Crippen molar-refractivity contribution >= 4 is 16.9 Å². The van der Waals surface area contributed by atoms with E-state index in [1.54, 1.807) is 24.5 Å². The Morgan fingerprint density at radius 2 is 1.97 bits per heavy atom. The number of hydrogen-bond acceptors (Lipinski definition) is 5. The number of nitrogens with zero attached hydrogens (tertiary/aromatic N) is 1. The molecule has 3 N–H and O–H groups in total. The summed E-state index contributed by atoms with van der Waals surface area (Å²) in [4.78, 5) is 11.1. The maximum absolute atomic E-state index is 11.1. The van der Waals surface area contributed by atoms with Crippen molar-refractivity contribution in [1.29, 1.82) is 5.26 Å². The number of furan rings is 1. The summed E-state index contributed by atoms with van der Waals surface area (Å²) >= 11 is 0. The Bertz CT molecular complexity index is 1300. The van der Waals surface area contributed by atoms with Crippen molar-refractivity contribution in [1.82, 2.24) is 0 Å². The standard InChI is InChI=1S/C26H22N2O4/c27-10-8-23(28)19-6-3-5-18(14-19)22-13-17(12-21-9-11-31-26(21)22)16-32-24-7-2-1-4-20(24)15-25(29)30/h1-7,9,11-14,23H,8,15-16,28H2,(H,29,30). The molecule has 0 spiro atoms. The van der Waals surface area contributed by atoms with Gasteiger partial charge >= 0.3 is 5.97 Å². The number of benzene rings is 3. The summed E-state index contributed by atoms with van der Waals surface area (Å²) < 4.78 is 11.7. The van der Waals surface area contributed by atoms with E-state index in [9.17, 15) is 4.79 Å². The summed E-state index contributed by atoms with van der Waals surface area (Å²) in [6.07, 6.45) is 1.79. The maximum atomic E-state index is 11.1. The highest BCUT2D eigenvalue weighted by atomic mass is 16.5. The molecule has 1 heterocycles. The highest BCUT2D eigenvalue weighted by Crippen LogP contribution is 2.33. The van der Waals surface area contributed by atoms with Gasteiger partial charge in [0.2, 0.25) is 0 Å². The van der Waals surface area contributed by atoms with Crippen LogP contribution < -0.4 is 10.5 Å². The highest BCUT2D eigenvalue weighted by Gasteiger charge is 2.13. The third-order valence-electron chi connectivity index (χ3n) is 5.26. The van der Waals surface area contributed by atoms with E-state index in [0.29, 0.717) is 11.3 Å². The van der Waals surface area contributed by atoms with Crippen molar-refractivity contribution in [3.8, 4) is 22.9 Å². The number of carboxylic acid groups (broad SMARTS) is 1. The van der Waals surface area contributed by atoms with Crippen LogP contribution in [-0.4, -0.2) is 11.1 Å². The van der Waals surface area contributed by atoms with Crippen molar-refractivity contribution in [2.75, 3.05) is 0 Å². The van der Waals surface area contributed by atoms with Gasteiger partial charge in [0.05, 0.1) is 25.2 Å². The van der Waals surface area contributed by atoms with Gasteiger partial charge in [0, 0.05) is 22.6 Å². The summed E-state index contributed by atoms with van der Waals surface area (Å²) in [5.74, 6) is -0.356. The fourth-order valence-corrected chi connectivity index (χ4v) is 3.71. The molecule has 1 unspecified atom stereocenters. The first-order valence-corrected chi connectivity index (χ1v) is 10.2. The Balaban J connectivity index is 1.66. The van der Waals surface area contributed by atoms with Gasteiger partial charge in [0.15, 0.2) is 0 Å². The van der Waals surface area contributed by atoms with Gasteiger partial charge in [0.25, 0.3) is 0 Å². The molecule has 1 atom stereocenters.